The van der Waals surface area contributed by atoms with E-state index in [0.717, 1.165) is 46.6 Å². The maximum absolute atomic E-state index is 14.2. The summed E-state index contributed by atoms with van der Waals surface area (Å²) in [6.07, 6.45) is 7.86. The van der Waals surface area contributed by atoms with Crippen molar-refractivity contribution in [3.05, 3.63) is 94.3 Å². The van der Waals surface area contributed by atoms with Gasteiger partial charge in [-0.15, -0.1) is 0 Å². The van der Waals surface area contributed by atoms with Crippen LogP contribution in [0.4, 0.5) is 8.78 Å². The van der Waals surface area contributed by atoms with Gasteiger partial charge in [-0.3, -0.25) is 5.10 Å². The highest BCUT2D eigenvalue weighted by molar-refractivity contribution is 6.04. The van der Waals surface area contributed by atoms with Gasteiger partial charge in [-0.25, -0.2) is 8.78 Å². The molecule has 1 aromatic heterocycles. The Balaban J connectivity index is 1.63. The second-order valence-corrected chi connectivity index (χ2v) is 8.25. The first-order chi connectivity index (χ1) is 15.1. The van der Waals surface area contributed by atoms with Gasteiger partial charge in [0, 0.05) is 29.0 Å². The number of H-pyrrole nitrogens is 1. The first kappa shape index (κ1) is 19.7. The number of benzene rings is 2. The van der Waals surface area contributed by atoms with Crippen molar-refractivity contribution in [2.75, 3.05) is 7.11 Å². The van der Waals surface area contributed by atoms with E-state index in [9.17, 15) is 8.78 Å². The van der Waals surface area contributed by atoms with E-state index in [0.29, 0.717) is 12.3 Å². The summed E-state index contributed by atoms with van der Waals surface area (Å²) in [6.45, 7) is 0. The fourth-order valence-corrected chi connectivity index (χ4v) is 4.65. The highest BCUT2D eigenvalue weighted by Crippen LogP contribution is 2.43. The summed E-state index contributed by atoms with van der Waals surface area (Å²) in [6, 6.07) is 13.0. The molecule has 2 aliphatic rings. The molecule has 3 aromatic rings. The lowest BCUT2D eigenvalue weighted by Gasteiger charge is -2.34. The lowest BCUT2D eigenvalue weighted by atomic mass is 9.68. The second kappa shape index (κ2) is 7.76. The summed E-state index contributed by atoms with van der Waals surface area (Å²) >= 11 is 0. The fourth-order valence-electron chi connectivity index (χ4n) is 4.65. The Morgan fingerprint density at radius 2 is 1.77 bits per heavy atom. The van der Waals surface area contributed by atoms with Gasteiger partial charge in [0.05, 0.1) is 0 Å². The van der Waals surface area contributed by atoms with Crippen LogP contribution in [-0.2, 0) is 16.7 Å². The zero-order valence-corrected chi connectivity index (χ0v) is 17.2. The zero-order chi connectivity index (χ0) is 21.4. The van der Waals surface area contributed by atoms with Gasteiger partial charge in [-0.05, 0) is 48.2 Å². The van der Waals surface area contributed by atoms with E-state index in [1.165, 1.54) is 30.7 Å². The lowest BCUT2D eigenvalue weighted by molar-refractivity contribution is 0.208. The highest BCUT2D eigenvalue weighted by Gasteiger charge is 2.38. The van der Waals surface area contributed by atoms with Gasteiger partial charge in [0.1, 0.15) is 30.1 Å². The Kier molecular flexibility index (Phi) is 4.93. The maximum Gasteiger partial charge on any atom is 0.123 e. The molecule has 2 aromatic carbocycles. The molecule has 1 saturated carbocycles. The number of aromatic amines is 1. The number of hydrogen-bond acceptors (Lipinski definition) is 3. The molecule has 0 amide bonds. The molecule has 5 rings (SSSR count). The number of aromatic nitrogens is 2. The van der Waals surface area contributed by atoms with Crippen LogP contribution >= 0.6 is 0 Å². The Bertz CT molecular complexity index is 1130. The normalized spacial score (nSPS) is 17.8. The molecule has 0 atom stereocenters. The van der Waals surface area contributed by atoms with Crippen LogP contribution in [-0.4, -0.2) is 23.0 Å². The molecule has 2 aliphatic carbocycles. The average molecular weight is 419 g/mol. The number of halogens is 2. The Labute approximate surface area is 179 Å². The molecule has 31 heavy (non-hydrogen) atoms. The van der Waals surface area contributed by atoms with E-state index in [4.69, 9.17) is 4.84 Å². The molecule has 0 saturated heterocycles. The van der Waals surface area contributed by atoms with Crippen molar-refractivity contribution in [2.24, 2.45) is 11.1 Å². The fraction of sp³-hybridized carbons (Fsp3) is 0.280. The van der Waals surface area contributed by atoms with E-state index < -0.39 is 5.41 Å². The van der Waals surface area contributed by atoms with Gasteiger partial charge in [0.15, 0.2) is 0 Å². The van der Waals surface area contributed by atoms with E-state index in [1.54, 1.807) is 19.2 Å². The third kappa shape index (κ3) is 3.36. The Morgan fingerprint density at radius 1 is 1.10 bits per heavy atom. The summed E-state index contributed by atoms with van der Waals surface area (Å²) in [7, 11) is 1.55. The predicted octanol–water partition coefficient (Wildman–Crippen LogP) is 5.39. The molecule has 0 spiro atoms. The summed E-state index contributed by atoms with van der Waals surface area (Å²) < 4.78 is 28.3. The molecule has 0 aliphatic heterocycles. The standard InChI is InChI=1S/C25H23F2N3O/c1-31-30-23(16-5-2-6-16)24-21-11-12-25(15-22(21)28-29-24,17-7-3-9-19(26)13-17)18-8-4-10-20(27)14-18/h3-4,7-14,16H,2,5-6,15H2,1H3,(H,28,29). The molecular formula is C25H23F2N3O. The van der Waals surface area contributed by atoms with E-state index in [-0.39, 0.29) is 11.6 Å². The average Bonchev–Trinajstić information content (AvgIpc) is 3.15. The third-order valence-electron chi connectivity index (χ3n) is 6.48. The lowest BCUT2D eigenvalue weighted by Crippen LogP contribution is -2.31. The molecule has 0 bridgehead atoms. The summed E-state index contributed by atoms with van der Waals surface area (Å²) in [5, 5.41) is 12.0. The van der Waals surface area contributed by atoms with E-state index in [2.05, 4.69) is 15.4 Å². The number of rotatable bonds is 5. The molecule has 0 unspecified atom stereocenters. The van der Waals surface area contributed by atoms with Gasteiger partial charge in [0.2, 0.25) is 0 Å². The van der Waals surface area contributed by atoms with E-state index >= 15 is 0 Å². The zero-order valence-electron chi connectivity index (χ0n) is 17.2. The molecule has 4 nitrogen and oxygen atoms in total. The minimum atomic E-state index is -0.712. The number of nitrogens with zero attached hydrogens (tertiary/aromatic N) is 2. The van der Waals surface area contributed by atoms with Crippen molar-refractivity contribution >= 4 is 11.8 Å². The quantitative estimate of drug-likeness (QED) is 0.445. The minimum absolute atomic E-state index is 0.322. The second-order valence-electron chi connectivity index (χ2n) is 8.25. The van der Waals surface area contributed by atoms with Crippen molar-refractivity contribution in [3.8, 4) is 0 Å². The van der Waals surface area contributed by atoms with E-state index in [1.807, 2.05) is 24.3 Å². The molecule has 0 radical (unpaired) electrons. The first-order valence-electron chi connectivity index (χ1n) is 10.5. The molecule has 1 heterocycles. The molecule has 158 valence electrons. The van der Waals surface area contributed by atoms with Crippen molar-refractivity contribution in [2.45, 2.75) is 31.1 Å². The van der Waals surface area contributed by atoms with Crippen molar-refractivity contribution in [1.82, 2.24) is 10.2 Å². The van der Waals surface area contributed by atoms with Crippen LogP contribution in [0.15, 0.2) is 59.8 Å². The summed E-state index contributed by atoms with van der Waals surface area (Å²) in [4.78, 5) is 5.11. The van der Waals surface area contributed by atoms with Crippen LogP contribution in [0.25, 0.3) is 6.08 Å². The van der Waals surface area contributed by atoms with Crippen LogP contribution in [0, 0.1) is 17.6 Å². The van der Waals surface area contributed by atoms with Crippen LogP contribution in [0.5, 0.6) is 0 Å². The smallest absolute Gasteiger partial charge is 0.123 e. The van der Waals surface area contributed by atoms with Crippen molar-refractivity contribution in [3.63, 3.8) is 0 Å². The van der Waals surface area contributed by atoms with Crippen molar-refractivity contribution in [1.29, 1.82) is 0 Å². The third-order valence-corrected chi connectivity index (χ3v) is 6.48. The predicted molar refractivity (Wildman–Crippen MR) is 116 cm³/mol. The van der Waals surface area contributed by atoms with Crippen LogP contribution in [0.3, 0.4) is 0 Å². The van der Waals surface area contributed by atoms with Crippen LogP contribution < -0.4 is 0 Å². The van der Waals surface area contributed by atoms with Gasteiger partial charge >= 0.3 is 0 Å². The summed E-state index contributed by atoms with van der Waals surface area (Å²) in [5.41, 5.74) is 4.35. The number of hydrogen-bond donors (Lipinski definition) is 1. The molecule has 1 N–H and O–H groups in total. The van der Waals surface area contributed by atoms with Crippen molar-refractivity contribution < 1.29 is 13.6 Å². The number of fused-ring (bicyclic) bond motifs is 1. The summed E-state index contributed by atoms with van der Waals surface area (Å²) in [5.74, 6) is -0.298. The van der Waals surface area contributed by atoms with Gasteiger partial charge in [-0.2, -0.15) is 5.10 Å². The van der Waals surface area contributed by atoms with Gasteiger partial charge in [-0.1, -0.05) is 48.0 Å². The largest absolute Gasteiger partial charge is 0.399 e. The maximum atomic E-state index is 14.2. The topological polar surface area (TPSA) is 50.3 Å². The molecule has 1 fully saturated rings. The SMILES string of the molecule is CON=C(c1n[nH]c2c1C=CC(c1cccc(F)c1)(c1cccc(F)c1)C2)C1CCC1. The molecular weight excluding hydrogens is 396 g/mol. The first-order valence-corrected chi connectivity index (χ1v) is 10.5. The Morgan fingerprint density at radius 3 is 2.32 bits per heavy atom. The minimum Gasteiger partial charge on any atom is -0.399 e. The van der Waals surface area contributed by atoms with Crippen LogP contribution in [0.1, 0.15) is 47.3 Å². The number of nitrogens with one attached hydrogen (secondary N) is 1. The van der Waals surface area contributed by atoms with Crippen LogP contribution in [0.2, 0.25) is 0 Å². The molecule has 6 heteroatoms. The van der Waals surface area contributed by atoms with Gasteiger partial charge < -0.3 is 4.84 Å². The highest BCUT2D eigenvalue weighted by atomic mass is 19.1. The monoisotopic (exact) mass is 419 g/mol. The Hall–Kier alpha value is -3.28. The number of allylic oxidation sites excluding steroid dienone is 1. The number of oxime groups is 1. The van der Waals surface area contributed by atoms with Gasteiger partial charge in [0.25, 0.3) is 0 Å².